The van der Waals surface area contributed by atoms with E-state index in [1.54, 1.807) is 6.07 Å². The molecule has 1 fully saturated rings. The molecule has 1 aromatic rings. The third-order valence-corrected chi connectivity index (χ3v) is 4.41. The van der Waals surface area contributed by atoms with Crippen molar-refractivity contribution in [1.29, 1.82) is 0 Å². The second-order valence-electron chi connectivity index (χ2n) is 4.84. The molecule has 7 heteroatoms. The van der Waals surface area contributed by atoms with E-state index in [2.05, 4.69) is 10.6 Å². The van der Waals surface area contributed by atoms with Gasteiger partial charge in [0.15, 0.2) is 0 Å². The maximum Gasteiger partial charge on any atom is 0.234 e. The van der Waals surface area contributed by atoms with Crippen molar-refractivity contribution in [3.63, 3.8) is 0 Å². The molecule has 0 spiro atoms. The van der Waals surface area contributed by atoms with Crippen LogP contribution in [0.2, 0.25) is 0 Å². The standard InChI is InChI=1S/C13H15N3O3S/c14-9-5-19-4-8(9)13(18)15-7-1-2-11-10(3-7)16-12(17)6-20-11/h1-3,8-9H,4-6,14H2,(H,15,18)(H,16,17). The number of rotatable bonds is 2. The van der Waals surface area contributed by atoms with Crippen molar-refractivity contribution >= 4 is 35.0 Å². The normalized spacial score (nSPS) is 24.9. The van der Waals surface area contributed by atoms with E-state index in [9.17, 15) is 9.59 Å². The minimum absolute atomic E-state index is 0.0304. The number of fused-ring (bicyclic) bond motifs is 1. The smallest absolute Gasteiger partial charge is 0.234 e. The minimum atomic E-state index is -0.324. The summed E-state index contributed by atoms with van der Waals surface area (Å²) in [6.45, 7) is 0.763. The van der Waals surface area contributed by atoms with E-state index in [1.165, 1.54) is 11.8 Å². The Labute approximate surface area is 120 Å². The lowest BCUT2D eigenvalue weighted by atomic mass is 10.0. The summed E-state index contributed by atoms with van der Waals surface area (Å²) < 4.78 is 5.19. The minimum Gasteiger partial charge on any atom is -0.379 e. The maximum atomic E-state index is 12.1. The van der Waals surface area contributed by atoms with E-state index in [0.29, 0.717) is 24.7 Å². The van der Waals surface area contributed by atoms with Gasteiger partial charge in [0.25, 0.3) is 0 Å². The number of nitrogens with two attached hydrogens (primary N) is 1. The Morgan fingerprint density at radius 1 is 1.45 bits per heavy atom. The molecule has 2 unspecified atom stereocenters. The summed E-state index contributed by atoms with van der Waals surface area (Å²) in [7, 11) is 0. The summed E-state index contributed by atoms with van der Waals surface area (Å²) in [6.07, 6.45) is 0. The first kappa shape index (κ1) is 13.4. The topological polar surface area (TPSA) is 93.4 Å². The molecule has 2 amide bonds. The highest BCUT2D eigenvalue weighted by Gasteiger charge is 2.31. The summed E-state index contributed by atoms with van der Waals surface area (Å²) in [5, 5.41) is 5.61. The Morgan fingerprint density at radius 3 is 3.05 bits per heavy atom. The molecule has 0 aliphatic carbocycles. The number of benzene rings is 1. The molecule has 0 aromatic heterocycles. The Morgan fingerprint density at radius 2 is 2.30 bits per heavy atom. The predicted octanol–water partition coefficient (Wildman–Crippen LogP) is 0.643. The van der Waals surface area contributed by atoms with Gasteiger partial charge < -0.3 is 21.1 Å². The van der Waals surface area contributed by atoms with Gasteiger partial charge in [-0.25, -0.2) is 0 Å². The van der Waals surface area contributed by atoms with Crippen molar-refractivity contribution in [2.45, 2.75) is 10.9 Å². The molecule has 3 rings (SSSR count). The molecular weight excluding hydrogens is 278 g/mol. The van der Waals surface area contributed by atoms with Crippen molar-refractivity contribution in [1.82, 2.24) is 0 Å². The fourth-order valence-corrected chi connectivity index (χ4v) is 3.03. The van der Waals surface area contributed by atoms with Gasteiger partial charge in [-0.05, 0) is 18.2 Å². The molecule has 4 N–H and O–H groups in total. The Hall–Kier alpha value is -1.57. The number of carbonyl (C=O) groups excluding carboxylic acids is 2. The molecular formula is C13H15N3O3S. The van der Waals surface area contributed by atoms with Gasteiger partial charge in [0, 0.05) is 16.6 Å². The molecule has 1 saturated heterocycles. The SMILES string of the molecule is NC1COCC1C(=O)Nc1ccc2c(c1)NC(=O)CS2. The van der Waals surface area contributed by atoms with Crippen molar-refractivity contribution in [2.75, 3.05) is 29.6 Å². The largest absolute Gasteiger partial charge is 0.379 e. The number of hydrogen-bond acceptors (Lipinski definition) is 5. The lowest BCUT2D eigenvalue weighted by Gasteiger charge is -2.18. The quantitative estimate of drug-likeness (QED) is 0.744. The van der Waals surface area contributed by atoms with Crippen LogP contribution in [-0.4, -0.2) is 36.8 Å². The zero-order valence-electron chi connectivity index (χ0n) is 10.7. The Bertz CT molecular complexity index is 564. The zero-order valence-corrected chi connectivity index (χ0v) is 11.5. The Kier molecular flexibility index (Phi) is 3.64. The van der Waals surface area contributed by atoms with Crippen LogP contribution in [0.5, 0.6) is 0 Å². The van der Waals surface area contributed by atoms with Crippen LogP contribution in [0.15, 0.2) is 23.1 Å². The first-order chi connectivity index (χ1) is 9.63. The summed E-state index contributed by atoms with van der Waals surface area (Å²) in [5.74, 6) is -0.0793. The summed E-state index contributed by atoms with van der Waals surface area (Å²) >= 11 is 1.49. The first-order valence-corrected chi connectivity index (χ1v) is 7.33. The van der Waals surface area contributed by atoms with E-state index in [4.69, 9.17) is 10.5 Å². The van der Waals surface area contributed by atoms with Crippen molar-refractivity contribution in [3.8, 4) is 0 Å². The van der Waals surface area contributed by atoms with Crippen LogP contribution in [0.1, 0.15) is 0 Å². The fraction of sp³-hybridized carbons (Fsp3) is 0.385. The van der Waals surface area contributed by atoms with E-state index in [-0.39, 0.29) is 23.8 Å². The molecule has 2 heterocycles. The molecule has 2 aliphatic rings. The van der Waals surface area contributed by atoms with Crippen LogP contribution >= 0.6 is 11.8 Å². The van der Waals surface area contributed by atoms with Crippen molar-refractivity contribution in [3.05, 3.63) is 18.2 Å². The highest BCUT2D eigenvalue weighted by atomic mass is 32.2. The number of hydrogen-bond donors (Lipinski definition) is 3. The van der Waals surface area contributed by atoms with Crippen LogP contribution in [-0.2, 0) is 14.3 Å². The zero-order chi connectivity index (χ0) is 14.1. The average molecular weight is 293 g/mol. The van der Waals surface area contributed by atoms with E-state index in [1.807, 2.05) is 12.1 Å². The molecule has 2 atom stereocenters. The lowest BCUT2D eigenvalue weighted by molar-refractivity contribution is -0.120. The van der Waals surface area contributed by atoms with Crippen LogP contribution < -0.4 is 16.4 Å². The van der Waals surface area contributed by atoms with Gasteiger partial charge in [-0.3, -0.25) is 9.59 Å². The average Bonchev–Trinajstić information content (AvgIpc) is 2.84. The third kappa shape index (κ3) is 2.65. The van der Waals surface area contributed by atoms with Crippen LogP contribution in [0.3, 0.4) is 0 Å². The summed E-state index contributed by atoms with van der Waals surface area (Å²) in [4.78, 5) is 24.5. The van der Waals surface area contributed by atoms with Gasteiger partial charge in [-0.15, -0.1) is 11.8 Å². The molecule has 20 heavy (non-hydrogen) atoms. The fourth-order valence-electron chi connectivity index (χ4n) is 2.24. The van der Waals surface area contributed by atoms with Crippen molar-refractivity contribution in [2.24, 2.45) is 11.7 Å². The first-order valence-electron chi connectivity index (χ1n) is 6.34. The molecule has 6 nitrogen and oxygen atoms in total. The third-order valence-electron chi connectivity index (χ3n) is 3.34. The molecule has 1 aromatic carbocycles. The second-order valence-corrected chi connectivity index (χ2v) is 5.86. The molecule has 2 aliphatic heterocycles. The highest BCUT2D eigenvalue weighted by Crippen LogP contribution is 2.33. The van der Waals surface area contributed by atoms with E-state index in [0.717, 1.165) is 10.6 Å². The number of amides is 2. The van der Waals surface area contributed by atoms with Gasteiger partial charge in [-0.1, -0.05) is 0 Å². The summed E-state index contributed by atoms with van der Waals surface area (Å²) in [5.41, 5.74) is 7.20. The number of anilines is 2. The van der Waals surface area contributed by atoms with Gasteiger partial charge in [0.1, 0.15) is 0 Å². The highest BCUT2D eigenvalue weighted by molar-refractivity contribution is 8.00. The predicted molar refractivity (Wildman–Crippen MR) is 76.7 cm³/mol. The van der Waals surface area contributed by atoms with Gasteiger partial charge in [-0.2, -0.15) is 0 Å². The van der Waals surface area contributed by atoms with Crippen LogP contribution in [0.25, 0.3) is 0 Å². The van der Waals surface area contributed by atoms with E-state index >= 15 is 0 Å². The Balaban J connectivity index is 1.73. The molecule has 0 saturated carbocycles. The number of nitrogens with one attached hydrogen (secondary N) is 2. The van der Waals surface area contributed by atoms with Gasteiger partial charge in [0.2, 0.25) is 11.8 Å². The molecule has 0 bridgehead atoms. The second kappa shape index (κ2) is 5.43. The number of ether oxygens (including phenoxy) is 1. The van der Waals surface area contributed by atoms with Gasteiger partial charge >= 0.3 is 0 Å². The molecule has 0 radical (unpaired) electrons. The number of thioether (sulfide) groups is 1. The molecule has 106 valence electrons. The lowest BCUT2D eigenvalue weighted by Crippen LogP contribution is -2.37. The van der Waals surface area contributed by atoms with E-state index < -0.39 is 0 Å². The summed E-state index contributed by atoms with van der Waals surface area (Å²) in [6, 6.07) is 5.21. The number of carbonyl (C=O) groups is 2. The van der Waals surface area contributed by atoms with Crippen LogP contribution in [0, 0.1) is 5.92 Å². The van der Waals surface area contributed by atoms with Crippen LogP contribution in [0.4, 0.5) is 11.4 Å². The maximum absolute atomic E-state index is 12.1. The van der Waals surface area contributed by atoms with Crippen molar-refractivity contribution < 1.29 is 14.3 Å². The monoisotopic (exact) mass is 293 g/mol. The van der Waals surface area contributed by atoms with Gasteiger partial charge in [0.05, 0.1) is 30.6 Å².